The monoisotopic (exact) mass is 284 g/mol. The molecule has 0 radical (unpaired) electrons. The van der Waals surface area contributed by atoms with Crippen LogP contribution in [0.15, 0.2) is 12.2 Å². The summed E-state index contributed by atoms with van der Waals surface area (Å²) >= 11 is 0. The average Bonchev–Trinajstić information content (AvgIpc) is 2.56. The SMILES string of the molecule is C=C(C)C(=O)OC(C)(C)CC(C)(C)C1COC(C)(C)O1. The van der Waals surface area contributed by atoms with Crippen LogP contribution in [-0.2, 0) is 19.0 Å². The lowest BCUT2D eigenvalue weighted by atomic mass is 9.77. The second kappa shape index (κ2) is 5.49. The van der Waals surface area contributed by atoms with Crippen molar-refractivity contribution >= 4 is 5.97 Å². The summed E-state index contributed by atoms with van der Waals surface area (Å²) < 4.78 is 17.1. The van der Waals surface area contributed by atoms with Crippen molar-refractivity contribution in [2.75, 3.05) is 6.61 Å². The summed E-state index contributed by atoms with van der Waals surface area (Å²) in [6, 6.07) is 0. The fourth-order valence-corrected chi connectivity index (χ4v) is 2.66. The van der Waals surface area contributed by atoms with Crippen LogP contribution in [0.4, 0.5) is 0 Å². The van der Waals surface area contributed by atoms with Gasteiger partial charge >= 0.3 is 5.97 Å². The molecule has 1 aliphatic heterocycles. The highest BCUT2D eigenvalue weighted by molar-refractivity contribution is 5.87. The molecule has 4 heteroatoms. The van der Waals surface area contributed by atoms with Gasteiger partial charge in [-0.25, -0.2) is 4.79 Å². The molecule has 116 valence electrons. The van der Waals surface area contributed by atoms with Crippen LogP contribution in [0, 0.1) is 5.41 Å². The first-order valence-corrected chi connectivity index (χ1v) is 7.05. The summed E-state index contributed by atoms with van der Waals surface area (Å²) in [6.45, 7) is 17.7. The van der Waals surface area contributed by atoms with Crippen LogP contribution in [0.1, 0.15) is 54.9 Å². The maximum Gasteiger partial charge on any atom is 0.333 e. The highest BCUT2D eigenvalue weighted by Gasteiger charge is 2.44. The van der Waals surface area contributed by atoms with E-state index in [0.717, 1.165) is 0 Å². The second-order valence-corrected chi connectivity index (χ2v) is 7.41. The largest absolute Gasteiger partial charge is 0.456 e. The van der Waals surface area contributed by atoms with Crippen LogP contribution < -0.4 is 0 Å². The number of hydrogen-bond acceptors (Lipinski definition) is 4. The molecule has 1 heterocycles. The number of carbonyl (C=O) groups excluding carboxylic acids is 1. The predicted octanol–water partition coefficient (Wildman–Crippen LogP) is 3.45. The van der Waals surface area contributed by atoms with Gasteiger partial charge in [-0.3, -0.25) is 0 Å². The molecular formula is C16H28O4. The van der Waals surface area contributed by atoms with Crippen molar-refractivity contribution in [2.45, 2.75) is 72.4 Å². The fraction of sp³-hybridized carbons (Fsp3) is 0.812. The zero-order valence-corrected chi connectivity index (χ0v) is 13.8. The lowest BCUT2D eigenvalue weighted by Gasteiger charge is -2.38. The Morgan fingerprint density at radius 3 is 2.30 bits per heavy atom. The molecule has 0 bridgehead atoms. The Morgan fingerprint density at radius 2 is 1.90 bits per heavy atom. The molecule has 0 aliphatic carbocycles. The van der Waals surface area contributed by atoms with Crippen molar-refractivity contribution in [1.29, 1.82) is 0 Å². The van der Waals surface area contributed by atoms with Crippen LogP contribution in [-0.4, -0.2) is 30.1 Å². The first-order valence-electron chi connectivity index (χ1n) is 7.05. The van der Waals surface area contributed by atoms with Gasteiger partial charge in [0.05, 0.1) is 12.7 Å². The minimum Gasteiger partial charge on any atom is -0.456 e. The molecular weight excluding hydrogens is 256 g/mol. The van der Waals surface area contributed by atoms with Crippen LogP contribution in [0.3, 0.4) is 0 Å². The number of rotatable bonds is 5. The average molecular weight is 284 g/mol. The first kappa shape index (κ1) is 17.2. The predicted molar refractivity (Wildman–Crippen MR) is 78.3 cm³/mol. The molecule has 4 nitrogen and oxygen atoms in total. The molecule has 0 aromatic rings. The Labute approximate surface area is 122 Å². The normalized spacial score (nSPS) is 22.6. The van der Waals surface area contributed by atoms with E-state index in [-0.39, 0.29) is 17.5 Å². The molecule has 0 N–H and O–H groups in total. The highest BCUT2D eigenvalue weighted by Crippen LogP contribution is 2.40. The smallest absolute Gasteiger partial charge is 0.333 e. The summed E-state index contributed by atoms with van der Waals surface area (Å²) in [4.78, 5) is 11.7. The summed E-state index contributed by atoms with van der Waals surface area (Å²) in [5, 5.41) is 0. The van der Waals surface area contributed by atoms with Gasteiger partial charge in [0.15, 0.2) is 5.79 Å². The molecule has 0 aromatic carbocycles. The molecule has 1 fully saturated rings. The van der Waals surface area contributed by atoms with Crippen LogP contribution in [0.2, 0.25) is 0 Å². The lowest BCUT2D eigenvalue weighted by molar-refractivity contribution is -0.166. The van der Waals surface area contributed by atoms with Gasteiger partial charge in [-0.15, -0.1) is 0 Å². The Balaban J connectivity index is 2.70. The number of carbonyl (C=O) groups is 1. The molecule has 0 spiro atoms. The van der Waals surface area contributed by atoms with Crippen molar-refractivity contribution in [1.82, 2.24) is 0 Å². The summed E-state index contributed by atoms with van der Waals surface area (Å²) in [5.74, 6) is -0.893. The van der Waals surface area contributed by atoms with Gasteiger partial charge in [0, 0.05) is 5.57 Å². The van der Waals surface area contributed by atoms with Crippen molar-refractivity contribution in [3.8, 4) is 0 Å². The van der Waals surface area contributed by atoms with Crippen LogP contribution in [0.5, 0.6) is 0 Å². The maximum atomic E-state index is 11.7. The van der Waals surface area contributed by atoms with Crippen molar-refractivity contribution in [2.24, 2.45) is 5.41 Å². The van der Waals surface area contributed by atoms with E-state index in [9.17, 15) is 4.79 Å². The summed E-state index contributed by atoms with van der Waals surface area (Å²) in [7, 11) is 0. The van der Waals surface area contributed by atoms with Gasteiger partial charge in [0.1, 0.15) is 5.60 Å². The van der Waals surface area contributed by atoms with E-state index in [4.69, 9.17) is 14.2 Å². The molecule has 1 unspecified atom stereocenters. The van der Waals surface area contributed by atoms with Crippen molar-refractivity contribution < 1.29 is 19.0 Å². The number of ether oxygens (including phenoxy) is 3. The standard InChI is InChI=1S/C16H28O4/c1-11(2)13(17)20-15(5,6)10-14(3,4)12-9-18-16(7,8)19-12/h12H,1,9-10H2,2-8H3. The maximum absolute atomic E-state index is 11.7. The zero-order valence-electron chi connectivity index (χ0n) is 13.8. The van der Waals surface area contributed by atoms with E-state index >= 15 is 0 Å². The van der Waals surface area contributed by atoms with Gasteiger partial charge in [-0.1, -0.05) is 20.4 Å². The quantitative estimate of drug-likeness (QED) is 0.573. The minimum atomic E-state index is -0.574. The number of hydrogen-bond donors (Lipinski definition) is 0. The second-order valence-electron chi connectivity index (χ2n) is 7.41. The Morgan fingerprint density at radius 1 is 1.35 bits per heavy atom. The molecule has 0 aromatic heterocycles. The number of esters is 1. The topological polar surface area (TPSA) is 44.8 Å². The molecule has 1 atom stereocenters. The third kappa shape index (κ3) is 4.60. The summed E-state index contributed by atoms with van der Waals surface area (Å²) in [6.07, 6.45) is 0.670. The van der Waals surface area contributed by atoms with E-state index in [0.29, 0.717) is 18.6 Å². The highest BCUT2D eigenvalue weighted by atomic mass is 16.7. The van der Waals surface area contributed by atoms with E-state index < -0.39 is 11.4 Å². The van der Waals surface area contributed by atoms with Gasteiger partial charge in [0.25, 0.3) is 0 Å². The van der Waals surface area contributed by atoms with Crippen molar-refractivity contribution in [3.05, 3.63) is 12.2 Å². The molecule has 1 rings (SSSR count). The zero-order chi connectivity index (χ0) is 15.8. The van der Waals surface area contributed by atoms with E-state index in [1.165, 1.54) is 0 Å². The van der Waals surface area contributed by atoms with Crippen LogP contribution >= 0.6 is 0 Å². The minimum absolute atomic E-state index is 0.0136. The third-order valence-corrected chi connectivity index (χ3v) is 3.48. The Hall–Kier alpha value is -0.870. The third-order valence-electron chi connectivity index (χ3n) is 3.48. The molecule has 1 saturated heterocycles. The Kier molecular flexibility index (Phi) is 4.72. The van der Waals surface area contributed by atoms with Crippen molar-refractivity contribution in [3.63, 3.8) is 0 Å². The molecule has 1 aliphatic rings. The summed E-state index contributed by atoms with van der Waals surface area (Å²) in [5.41, 5.74) is -0.320. The van der Waals surface area contributed by atoms with Crippen LogP contribution in [0.25, 0.3) is 0 Å². The van der Waals surface area contributed by atoms with Gasteiger partial charge in [0.2, 0.25) is 0 Å². The van der Waals surface area contributed by atoms with Gasteiger partial charge in [-0.2, -0.15) is 0 Å². The lowest BCUT2D eigenvalue weighted by Crippen LogP contribution is -2.41. The molecule has 20 heavy (non-hydrogen) atoms. The Bertz CT molecular complexity index is 393. The van der Waals surface area contributed by atoms with Gasteiger partial charge in [-0.05, 0) is 46.5 Å². The first-order chi connectivity index (χ1) is 8.85. The van der Waals surface area contributed by atoms with E-state index in [2.05, 4.69) is 20.4 Å². The molecule has 0 amide bonds. The fourth-order valence-electron chi connectivity index (χ4n) is 2.66. The van der Waals surface area contributed by atoms with E-state index in [1.807, 2.05) is 27.7 Å². The van der Waals surface area contributed by atoms with Gasteiger partial charge < -0.3 is 14.2 Å². The molecule has 0 saturated carbocycles. The van der Waals surface area contributed by atoms with E-state index in [1.54, 1.807) is 6.92 Å².